The fourth-order valence-corrected chi connectivity index (χ4v) is 2.19. The summed E-state index contributed by atoms with van der Waals surface area (Å²) in [5.41, 5.74) is 1.08. The van der Waals surface area contributed by atoms with Gasteiger partial charge in [0, 0.05) is 9.77 Å². The van der Waals surface area contributed by atoms with Gasteiger partial charge in [0.25, 0.3) is 5.89 Å². The smallest absolute Gasteiger partial charge is 0.262 e. The van der Waals surface area contributed by atoms with Crippen molar-refractivity contribution in [3.8, 4) is 28.7 Å². The second-order valence-corrected chi connectivity index (χ2v) is 5.32. The van der Waals surface area contributed by atoms with E-state index in [0.29, 0.717) is 22.9 Å². The molecule has 2 aromatic heterocycles. The number of rotatable bonds is 2. The Labute approximate surface area is 128 Å². The molecule has 1 N–H and O–H groups in total. The van der Waals surface area contributed by atoms with Crippen LogP contribution in [0, 0.1) is 10.5 Å². The summed E-state index contributed by atoms with van der Waals surface area (Å²) in [6.45, 7) is 1.79. The normalized spacial score (nSPS) is 10.7. The lowest BCUT2D eigenvalue weighted by atomic mass is 10.2. The van der Waals surface area contributed by atoms with Gasteiger partial charge in [-0.15, -0.1) is 0 Å². The van der Waals surface area contributed by atoms with Gasteiger partial charge in [-0.25, -0.2) is 9.97 Å². The summed E-state index contributed by atoms with van der Waals surface area (Å²) in [6.07, 6.45) is 1.64. The summed E-state index contributed by atoms with van der Waals surface area (Å²) in [6, 6.07) is 6.87. The predicted octanol–water partition coefficient (Wildman–Crippen LogP) is 2.81. The Morgan fingerprint density at radius 2 is 2.05 bits per heavy atom. The molecule has 3 rings (SSSR count). The van der Waals surface area contributed by atoms with Gasteiger partial charge < -0.3 is 9.63 Å². The fraction of sp³-hybridized carbons (Fsp3) is 0.0769. The van der Waals surface area contributed by atoms with Crippen LogP contribution in [0.1, 0.15) is 5.82 Å². The van der Waals surface area contributed by atoms with E-state index in [4.69, 9.17) is 4.52 Å². The van der Waals surface area contributed by atoms with Crippen LogP contribution >= 0.6 is 22.6 Å². The number of aromatic nitrogens is 4. The van der Waals surface area contributed by atoms with E-state index in [-0.39, 0.29) is 11.6 Å². The lowest BCUT2D eigenvalue weighted by Gasteiger charge is -1.99. The molecular weight excluding hydrogens is 371 g/mol. The third-order valence-corrected chi connectivity index (χ3v) is 3.29. The maximum atomic E-state index is 9.86. The van der Waals surface area contributed by atoms with Crippen molar-refractivity contribution in [2.45, 2.75) is 6.92 Å². The fourth-order valence-electron chi connectivity index (χ4n) is 1.70. The molecule has 3 aromatic rings. The quantitative estimate of drug-likeness (QED) is 0.689. The van der Waals surface area contributed by atoms with Crippen LogP contribution in [-0.4, -0.2) is 25.2 Å². The molecule has 0 spiro atoms. The molecule has 0 aliphatic heterocycles. The Morgan fingerprint density at radius 1 is 1.20 bits per heavy atom. The number of aromatic hydroxyl groups is 1. The maximum absolute atomic E-state index is 9.86. The molecule has 1 aromatic carbocycles. The summed E-state index contributed by atoms with van der Waals surface area (Å²) in [4.78, 5) is 12.5. The van der Waals surface area contributed by atoms with Gasteiger partial charge in [0.15, 0.2) is 0 Å². The Hall–Kier alpha value is -2.03. The molecule has 0 aliphatic rings. The van der Waals surface area contributed by atoms with Gasteiger partial charge in [-0.05, 0) is 53.8 Å². The van der Waals surface area contributed by atoms with E-state index in [2.05, 4.69) is 42.7 Å². The van der Waals surface area contributed by atoms with Crippen LogP contribution in [0.4, 0.5) is 0 Å². The van der Waals surface area contributed by atoms with E-state index < -0.39 is 0 Å². The zero-order valence-corrected chi connectivity index (χ0v) is 12.6. The average Bonchev–Trinajstić information content (AvgIpc) is 2.91. The highest BCUT2D eigenvalue weighted by Crippen LogP contribution is 2.30. The highest BCUT2D eigenvalue weighted by Gasteiger charge is 2.15. The van der Waals surface area contributed by atoms with Crippen molar-refractivity contribution < 1.29 is 9.63 Å². The van der Waals surface area contributed by atoms with Crippen molar-refractivity contribution in [1.82, 2.24) is 20.1 Å². The number of hydrogen-bond donors (Lipinski definition) is 1. The predicted molar refractivity (Wildman–Crippen MR) is 79.9 cm³/mol. The molecule has 100 valence electrons. The zero-order valence-electron chi connectivity index (χ0n) is 10.4. The molecule has 0 saturated heterocycles. The minimum absolute atomic E-state index is 0.0967. The SMILES string of the molecule is Cc1nccc(-c2noc(-c3cc(I)ccc3O)n2)n1. The molecule has 0 fully saturated rings. The van der Waals surface area contributed by atoms with Crippen LogP contribution in [-0.2, 0) is 0 Å². The Kier molecular flexibility index (Phi) is 3.35. The molecule has 0 bridgehead atoms. The van der Waals surface area contributed by atoms with Crippen LogP contribution in [0.25, 0.3) is 23.0 Å². The molecule has 0 aliphatic carbocycles. The van der Waals surface area contributed by atoms with Crippen molar-refractivity contribution in [3.63, 3.8) is 0 Å². The third-order valence-electron chi connectivity index (χ3n) is 2.62. The van der Waals surface area contributed by atoms with E-state index in [1.165, 1.54) is 0 Å². The van der Waals surface area contributed by atoms with E-state index >= 15 is 0 Å². The van der Waals surface area contributed by atoms with Crippen molar-refractivity contribution in [2.75, 3.05) is 0 Å². The highest BCUT2D eigenvalue weighted by atomic mass is 127. The second kappa shape index (κ2) is 5.16. The molecular formula is C13H9IN4O2. The van der Waals surface area contributed by atoms with Gasteiger partial charge in [-0.1, -0.05) is 5.16 Å². The molecule has 0 radical (unpaired) electrons. The highest BCUT2D eigenvalue weighted by molar-refractivity contribution is 14.1. The van der Waals surface area contributed by atoms with Gasteiger partial charge >= 0.3 is 0 Å². The largest absolute Gasteiger partial charge is 0.507 e. The van der Waals surface area contributed by atoms with Crippen molar-refractivity contribution in [3.05, 3.63) is 39.9 Å². The number of aryl methyl sites for hydroxylation is 1. The van der Waals surface area contributed by atoms with Gasteiger partial charge in [-0.3, -0.25) is 0 Å². The molecule has 0 amide bonds. The number of benzene rings is 1. The van der Waals surface area contributed by atoms with E-state index in [0.717, 1.165) is 3.57 Å². The Balaban J connectivity index is 2.04. The number of phenolic OH excluding ortho intramolecular Hbond substituents is 1. The second-order valence-electron chi connectivity index (χ2n) is 4.07. The summed E-state index contributed by atoms with van der Waals surface area (Å²) in [7, 11) is 0. The van der Waals surface area contributed by atoms with Crippen LogP contribution < -0.4 is 0 Å². The molecule has 2 heterocycles. The summed E-state index contributed by atoms with van der Waals surface area (Å²) < 4.78 is 6.16. The first-order valence-corrected chi connectivity index (χ1v) is 6.84. The van der Waals surface area contributed by atoms with Crippen molar-refractivity contribution in [2.24, 2.45) is 0 Å². The molecule has 7 heteroatoms. The first-order valence-electron chi connectivity index (χ1n) is 5.76. The standard InChI is InChI=1S/C13H9IN4O2/c1-7-15-5-4-10(16-7)12-17-13(20-18-12)9-6-8(14)2-3-11(9)19/h2-6,19H,1H3. The van der Waals surface area contributed by atoms with Crippen LogP contribution in [0.15, 0.2) is 35.0 Å². The first kappa shape index (κ1) is 13.0. The molecule has 20 heavy (non-hydrogen) atoms. The Bertz CT molecular complexity index is 773. The lowest BCUT2D eigenvalue weighted by Crippen LogP contribution is -1.91. The third kappa shape index (κ3) is 2.48. The lowest BCUT2D eigenvalue weighted by molar-refractivity contribution is 0.425. The average molecular weight is 380 g/mol. The summed E-state index contributed by atoms with van der Waals surface area (Å²) in [5.74, 6) is 1.35. The monoisotopic (exact) mass is 380 g/mol. The maximum Gasteiger partial charge on any atom is 0.262 e. The molecule has 6 nitrogen and oxygen atoms in total. The van der Waals surface area contributed by atoms with Crippen LogP contribution in [0.2, 0.25) is 0 Å². The van der Waals surface area contributed by atoms with Crippen LogP contribution in [0.3, 0.4) is 0 Å². The van der Waals surface area contributed by atoms with E-state index in [1.807, 2.05) is 0 Å². The minimum atomic E-state index is 0.0967. The van der Waals surface area contributed by atoms with Gasteiger partial charge in [0.2, 0.25) is 5.82 Å². The van der Waals surface area contributed by atoms with Gasteiger partial charge in [-0.2, -0.15) is 4.98 Å². The van der Waals surface area contributed by atoms with Crippen molar-refractivity contribution in [1.29, 1.82) is 0 Å². The first-order chi connectivity index (χ1) is 9.63. The van der Waals surface area contributed by atoms with Gasteiger partial charge in [0.05, 0.1) is 5.56 Å². The van der Waals surface area contributed by atoms with Crippen LogP contribution in [0.5, 0.6) is 5.75 Å². The van der Waals surface area contributed by atoms with E-state index in [1.54, 1.807) is 37.4 Å². The van der Waals surface area contributed by atoms with E-state index in [9.17, 15) is 5.11 Å². The molecule has 0 unspecified atom stereocenters. The Morgan fingerprint density at radius 3 is 2.85 bits per heavy atom. The number of halogens is 1. The van der Waals surface area contributed by atoms with Gasteiger partial charge in [0.1, 0.15) is 17.3 Å². The topological polar surface area (TPSA) is 84.9 Å². The number of phenols is 1. The summed E-state index contributed by atoms with van der Waals surface area (Å²) >= 11 is 2.15. The minimum Gasteiger partial charge on any atom is -0.507 e. The van der Waals surface area contributed by atoms with Crippen molar-refractivity contribution >= 4 is 22.6 Å². The zero-order chi connectivity index (χ0) is 14.1. The molecule has 0 atom stereocenters. The molecule has 0 saturated carbocycles. The number of hydrogen-bond acceptors (Lipinski definition) is 6. The number of nitrogens with zero attached hydrogens (tertiary/aromatic N) is 4. The summed E-state index contributed by atoms with van der Waals surface area (Å²) in [5, 5.41) is 13.7.